The molecule has 0 bridgehead atoms. The number of hydrogen-bond donors (Lipinski definition) is 1. The molecule has 0 spiro atoms. The van der Waals surface area contributed by atoms with Gasteiger partial charge in [-0.3, -0.25) is 9.40 Å². The lowest BCUT2D eigenvalue weighted by Gasteiger charge is -2.10. The Kier molecular flexibility index (Phi) is 4.53. The Labute approximate surface area is 150 Å². The van der Waals surface area contributed by atoms with Crippen LogP contribution in [-0.2, 0) is 17.1 Å². The first-order valence-electron chi connectivity index (χ1n) is 7.35. The Balaban J connectivity index is 1.95. The third-order valence-electron chi connectivity index (χ3n) is 3.70. The zero-order chi connectivity index (χ0) is 18.2. The highest BCUT2D eigenvalue weighted by Crippen LogP contribution is 2.25. The summed E-state index contributed by atoms with van der Waals surface area (Å²) < 4.78 is 42.5. The van der Waals surface area contributed by atoms with Gasteiger partial charge in [-0.2, -0.15) is 5.10 Å². The summed E-state index contributed by atoms with van der Waals surface area (Å²) in [5.74, 6) is -0.341. The topological polar surface area (TPSA) is 64.0 Å². The molecule has 0 fully saturated rings. The lowest BCUT2D eigenvalue weighted by molar-refractivity contribution is 0.593. The maximum atomic E-state index is 13.4. The average Bonchev–Trinajstić information content (AvgIpc) is 2.90. The zero-order valence-electron chi connectivity index (χ0n) is 13.5. The van der Waals surface area contributed by atoms with Gasteiger partial charge in [-0.25, -0.2) is 12.8 Å². The molecule has 1 aromatic heterocycles. The van der Waals surface area contributed by atoms with Gasteiger partial charge < -0.3 is 0 Å². The van der Waals surface area contributed by atoms with Crippen molar-refractivity contribution in [1.82, 2.24) is 9.78 Å². The van der Waals surface area contributed by atoms with Crippen LogP contribution < -0.4 is 4.72 Å². The number of aryl methyl sites for hydroxylation is 2. The quantitative estimate of drug-likeness (QED) is 0.745. The molecule has 0 saturated heterocycles. The maximum absolute atomic E-state index is 13.4. The summed E-state index contributed by atoms with van der Waals surface area (Å²) >= 11 is 5.87. The number of benzene rings is 2. The molecule has 1 N–H and O–H groups in total. The first kappa shape index (κ1) is 17.4. The minimum absolute atomic E-state index is 0.109. The van der Waals surface area contributed by atoms with E-state index in [1.165, 1.54) is 16.8 Å². The number of nitrogens with one attached hydrogen (secondary N) is 1. The number of rotatable bonds is 4. The number of aromatic nitrogens is 2. The third-order valence-corrected chi connectivity index (χ3v) is 5.45. The predicted molar refractivity (Wildman–Crippen MR) is 95.6 cm³/mol. The van der Waals surface area contributed by atoms with Crippen LogP contribution in [0.15, 0.2) is 53.4 Å². The second-order valence-corrected chi connectivity index (χ2v) is 7.65. The summed E-state index contributed by atoms with van der Waals surface area (Å²) in [5.41, 5.74) is 1.84. The molecule has 0 unspecified atom stereocenters. The van der Waals surface area contributed by atoms with Crippen LogP contribution in [0.5, 0.6) is 0 Å². The van der Waals surface area contributed by atoms with Crippen LogP contribution in [0.2, 0.25) is 5.02 Å². The van der Waals surface area contributed by atoms with Crippen molar-refractivity contribution in [2.24, 2.45) is 7.05 Å². The number of halogens is 2. The van der Waals surface area contributed by atoms with E-state index in [2.05, 4.69) is 9.82 Å². The second kappa shape index (κ2) is 6.50. The third kappa shape index (κ3) is 3.67. The van der Waals surface area contributed by atoms with Crippen LogP contribution in [0.1, 0.15) is 5.56 Å². The van der Waals surface area contributed by atoms with E-state index >= 15 is 0 Å². The number of anilines is 1. The first-order valence-corrected chi connectivity index (χ1v) is 9.21. The van der Waals surface area contributed by atoms with Crippen molar-refractivity contribution in [3.63, 3.8) is 0 Å². The lowest BCUT2D eigenvalue weighted by Crippen LogP contribution is -2.16. The van der Waals surface area contributed by atoms with Crippen molar-refractivity contribution >= 4 is 27.4 Å². The van der Waals surface area contributed by atoms with Crippen molar-refractivity contribution in [2.45, 2.75) is 11.8 Å². The van der Waals surface area contributed by atoms with Gasteiger partial charge in [0.05, 0.1) is 10.6 Å². The molecule has 0 radical (unpaired) electrons. The fraction of sp³-hybridized carbons (Fsp3) is 0.118. The van der Waals surface area contributed by atoms with E-state index in [4.69, 9.17) is 11.6 Å². The Hall–Kier alpha value is -2.38. The van der Waals surface area contributed by atoms with Crippen LogP contribution in [0.25, 0.3) is 11.3 Å². The Bertz CT molecular complexity index is 1030. The molecular formula is C17H15ClFN3O2S. The van der Waals surface area contributed by atoms with Crippen molar-refractivity contribution in [2.75, 3.05) is 4.72 Å². The van der Waals surface area contributed by atoms with E-state index in [1.807, 2.05) is 0 Å². The van der Waals surface area contributed by atoms with Crippen LogP contribution in [0, 0.1) is 12.7 Å². The van der Waals surface area contributed by atoms with Crippen LogP contribution in [0.3, 0.4) is 0 Å². The molecule has 0 atom stereocenters. The van der Waals surface area contributed by atoms with Gasteiger partial charge in [0.15, 0.2) is 0 Å². The van der Waals surface area contributed by atoms with E-state index in [0.717, 1.165) is 11.6 Å². The molecule has 5 nitrogen and oxygen atoms in total. The Morgan fingerprint density at radius 1 is 1.12 bits per heavy atom. The molecular weight excluding hydrogens is 365 g/mol. The monoisotopic (exact) mass is 379 g/mol. The zero-order valence-corrected chi connectivity index (χ0v) is 15.1. The molecule has 0 aliphatic heterocycles. The predicted octanol–water partition coefficient (Wildman–Crippen LogP) is 3.99. The van der Waals surface area contributed by atoms with Crippen molar-refractivity contribution in [3.05, 3.63) is 64.9 Å². The molecule has 0 aliphatic rings. The summed E-state index contributed by atoms with van der Waals surface area (Å²) in [4.78, 5) is -0.109. The van der Waals surface area contributed by atoms with E-state index in [0.29, 0.717) is 16.3 Å². The second-order valence-electron chi connectivity index (χ2n) is 5.56. The van der Waals surface area contributed by atoms with Crippen molar-refractivity contribution < 1.29 is 12.8 Å². The van der Waals surface area contributed by atoms with Gasteiger partial charge in [0.1, 0.15) is 11.6 Å². The highest BCUT2D eigenvalue weighted by atomic mass is 35.5. The van der Waals surface area contributed by atoms with Gasteiger partial charge in [-0.05, 0) is 36.8 Å². The summed E-state index contributed by atoms with van der Waals surface area (Å²) in [7, 11) is -2.32. The van der Waals surface area contributed by atoms with Gasteiger partial charge in [0.2, 0.25) is 0 Å². The fourth-order valence-electron chi connectivity index (χ4n) is 2.38. The molecule has 130 valence electrons. The molecule has 0 aliphatic carbocycles. The SMILES string of the molecule is Cc1ccc(F)cc1S(=O)(=O)Nc1cc(-c2ccc(Cl)cc2)nn1C. The van der Waals surface area contributed by atoms with Crippen LogP contribution in [-0.4, -0.2) is 18.2 Å². The molecule has 1 heterocycles. The van der Waals surface area contributed by atoms with Crippen LogP contribution in [0.4, 0.5) is 10.2 Å². The van der Waals surface area contributed by atoms with Crippen LogP contribution >= 0.6 is 11.6 Å². The Morgan fingerprint density at radius 3 is 2.48 bits per heavy atom. The smallest absolute Gasteiger partial charge is 0.263 e. The Morgan fingerprint density at radius 2 is 1.80 bits per heavy atom. The molecule has 0 amide bonds. The summed E-state index contributed by atoms with van der Waals surface area (Å²) in [6, 6.07) is 12.3. The number of nitrogens with zero attached hydrogens (tertiary/aromatic N) is 2. The largest absolute Gasteiger partial charge is 0.264 e. The van der Waals surface area contributed by atoms with Gasteiger partial charge in [-0.1, -0.05) is 29.8 Å². The van der Waals surface area contributed by atoms with E-state index in [1.54, 1.807) is 44.3 Å². The standard InChI is InChI=1S/C17H15ClFN3O2S/c1-11-3-8-14(19)9-16(11)25(23,24)21-17-10-15(20-22(17)2)12-4-6-13(18)7-5-12/h3-10,21H,1-2H3. The lowest BCUT2D eigenvalue weighted by atomic mass is 10.1. The highest BCUT2D eigenvalue weighted by molar-refractivity contribution is 7.92. The van der Waals surface area contributed by atoms with Crippen molar-refractivity contribution in [3.8, 4) is 11.3 Å². The highest BCUT2D eigenvalue weighted by Gasteiger charge is 2.20. The van der Waals surface area contributed by atoms with E-state index < -0.39 is 15.8 Å². The number of sulfonamides is 1. The maximum Gasteiger partial charge on any atom is 0.263 e. The van der Waals surface area contributed by atoms with Gasteiger partial charge in [-0.15, -0.1) is 0 Å². The summed E-state index contributed by atoms with van der Waals surface area (Å²) in [6.07, 6.45) is 0. The molecule has 0 saturated carbocycles. The van der Waals surface area contributed by atoms with E-state index in [-0.39, 0.29) is 10.7 Å². The number of hydrogen-bond acceptors (Lipinski definition) is 3. The van der Waals surface area contributed by atoms with Gasteiger partial charge >= 0.3 is 0 Å². The first-order chi connectivity index (χ1) is 11.8. The molecule has 8 heteroatoms. The minimum Gasteiger partial charge on any atom is -0.264 e. The van der Waals surface area contributed by atoms with Gasteiger partial charge in [0, 0.05) is 23.7 Å². The molecule has 3 aromatic rings. The fourth-order valence-corrected chi connectivity index (χ4v) is 3.84. The normalized spacial score (nSPS) is 11.5. The van der Waals surface area contributed by atoms with E-state index in [9.17, 15) is 12.8 Å². The van der Waals surface area contributed by atoms with Crippen molar-refractivity contribution in [1.29, 1.82) is 0 Å². The molecule has 25 heavy (non-hydrogen) atoms. The summed E-state index contributed by atoms with van der Waals surface area (Å²) in [5, 5.41) is 4.90. The molecule has 2 aromatic carbocycles. The van der Waals surface area contributed by atoms with Gasteiger partial charge in [0.25, 0.3) is 10.0 Å². The minimum atomic E-state index is -3.94. The molecule has 3 rings (SSSR count). The summed E-state index contributed by atoms with van der Waals surface area (Å²) in [6.45, 7) is 1.61. The average molecular weight is 380 g/mol.